The molecule has 0 amide bonds. The van der Waals surface area contributed by atoms with Crippen molar-refractivity contribution in [2.45, 2.75) is 330 Å². The van der Waals surface area contributed by atoms with Crippen LogP contribution in [-0.2, 0) is 31.1 Å². The van der Waals surface area contributed by atoms with Crippen molar-refractivity contribution in [1.82, 2.24) is 19.9 Å². The Morgan fingerprint density at radius 3 is 0.800 bits per heavy atom. The van der Waals surface area contributed by atoms with Gasteiger partial charge in [0.1, 0.15) is 11.6 Å². The highest BCUT2D eigenvalue weighted by Gasteiger charge is 2.43. The predicted molar refractivity (Wildman–Crippen MR) is 328 cm³/mol. The van der Waals surface area contributed by atoms with Crippen LogP contribution in [0.25, 0.3) is 33.4 Å². The maximum absolute atomic E-state index is 5.38. The van der Waals surface area contributed by atoms with Crippen LogP contribution in [0.15, 0.2) is 36.4 Å². The van der Waals surface area contributed by atoms with Crippen LogP contribution in [-0.4, -0.2) is 19.9 Å². The van der Waals surface area contributed by atoms with Gasteiger partial charge in [0, 0.05) is 16.5 Å². The Kier molecular flexibility index (Phi) is 30.5. The minimum absolute atomic E-state index is 0.0545. The second-order valence-corrected chi connectivity index (χ2v) is 23.8. The van der Waals surface area contributed by atoms with Crippen LogP contribution in [0.3, 0.4) is 0 Å². The normalized spacial score (nSPS) is 12.7. The SMILES string of the molecule is CCCCCCCCc1nc(C)nc(CCCCCCCC)c1-c1ccc2c(c1)C(CCCCCCCC)(CCCCCCCC)c1cc(-c3c(CCCCCCCC)nc(C)nc3CCCCCCCC)ccc1-2. The Morgan fingerprint density at radius 2 is 0.533 bits per heavy atom. The molecule has 4 aromatic rings. The Morgan fingerprint density at radius 1 is 0.293 bits per heavy atom. The van der Waals surface area contributed by atoms with E-state index in [-0.39, 0.29) is 5.41 Å². The smallest absolute Gasteiger partial charge is 0.125 e. The minimum Gasteiger partial charge on any atom is -0.238 e. The van der Waals surface area contributed by atoms with Gasteiger partial charge in [-0.15, -0.1) is 0 Å². The van der Waals surface area contributed by atoms with E-state index in [2.05, 4.69) is 91.8 Å². The summed E-state index contributed by atoms with van der Waals surface area (Å²) in [4.78, 5) is 21.5. The van der Waals surface area contributed by atoms with Crippen molar-refractivity contribution in [2.24, 2.45) is 0 Å². The average Bonchev–Trinajstić information content (AvgIpc) is 3.67. The number of benzene rings is 2. The van der Waals surface area contributed by atoms with Gasteiger partial charge in [0.15, 0.2) is 0 Å². The molecule has 5 rings (SSSR count). The van der Waals surface area contributed by atoms with Gasteiger partial charge in [0.05, 0.1) is 22.8 Å². The van der Waals surface area contributed by atoms with Gasteiger partial charge < -0.3 is 0 Å². The molecule has 0 radical (unpaired) electrons. The zero-order valence-corrected chi connectivity index (χ0v) is 50.5. The van der Waals surface area contributed by atoms with E-state index in [0.717, 1.165) is 37.3 Å². The maximum atomic E-state index is 5.38. The summed E-state index contributed by atoms with van der Waals surface area (Å²) in [5.41, 5.74) is 16.7. The first kappa shape index (κ1) is 62.4. The van der Waals surface area contributed by atoms with Gasteiger partial charge in [-0.3, -0.25) is 0 Å². The van der Waals surface area contributed by atoms with E-state index in [1.807, 2.05) is 0 Å². The second kappa shape index (κ2) is 36.6. The maximum Gasteiger partial charge on any atom is 0.125 e. The molecule has 75 heavy (non-hydrogen) atoms. The lowest BCUT2D eigenvalue weighted by Gasteiger charge is -2.34. The summed E-state index contributed by atoms with van der Waals surface area (Å²) in [5, 5.41) is 0. The Balaban J connectivity index is 1.68. The highest BCUT2D eigenvalue weighted by Crippen LogP contribution is 2.56. The van der Waals surface area contributed by atoms with E-state index in [9.17, 15) is 0 Å². The van der Waals surface area contributed by atoms with Gasteiger partial charge in [0.2, 0.25) is 0 Å². The van der Waals surface area contributed by atoms with Crippen LogP contribution in [0.5, 0.6) is 0 Å². The molecule has 0 spiro atoms. The minimum atomic E-state index is -0.0545. The third-order valence-corrected chi connectivity index (χ3v) is 17.3. The van der Waals surface area contributed by atoms with E-state index in [4.69, 9.17) is 19.9 Å². The molecule has 418 valence electrons. The molecule has 0 unspecified atom stereocenters. The molecule has 0 atom stereocenters. The molecule has 2 heterocycles. The van der Waals surface area contributed by atoms with Gasteiger partial charge in [-0.1, -0.05) is 271 Å². The molecule has 2 aromatic heterocycles. The third-order valence-electron chi connectivity index (χ3n) is 17.3. The fraction of sp³-hybridized carbons (Fsp3) is 0.718. The number of hydrogen-bond donors (Lipinski definition) is 0. The highest BCUT2D eigenvalue weighted by molar-refractivity contribution is 5.87. The van der Waals surface area contributed by atoms with Gasteiger partial charge in [-0.05, 0) is 124 Å². The summed E-state index contributed by atoms with van der Waals surface area (Å²) in [6.45, 7) is 18.3. The molecule has 2 aromatic carbocycles. The van der Waals surface area contributed by atoms with Gasteiger partial charge in [-0.2, -0.15) is 0 Å². The molecule has 0 aliphatic heterocycles. The van der Waals surface area contributed by atoms with E-state index in [1.54, 1.807) is 11.1 Å². The summed E-state index contributed by atoms with van der Waals surface area (Å²) < 4.78 is 0. The standard InChI is InChI=1S/C71H114N4/c1-9-15-21-27-33-39-45-65-69(66(73-57(7)72-65)46-40-34-28-22-16-10-2)59-49-51-61-62-52-50-60(56-64(62)71(63(61)55-59,53-43-37-31-25-19-13-5)54-44-38-32-26-20-14-6)70-67(47-41-35-29-23-17-11-3)74-58(8)75-68(70)48-42-36-30-24-18-12-4/h49-52,55-56H,9-48,53-54H2,1-8H3. The average molecular weight is 1020 g/mol. The van der Waals surface area contributed by atoms with Crippen molar-refractivity contribution in [3.05, 3.63) is 81.9 Å². The van der Waals surface area contributed by atoms with Crippen LogP contribution in [0.2, 0.25) is 0 Å². The molecular weight excluding hydrogens is 909 g/mol. The molecule has 0 N–H and O–H groups in total. The van der Waals surface area contributed by atoms with E-state index >= 15 is 0 Å². The first-order chi connectivity index (χ1) is 36.8. The van der Waals surface area contributed by atoms with Crippen molar-refractivity contribution >= 4 is 0 Å². The predicted octanol–water partition coefficient (Wildman–Crippen LogP) is 22.6. The number of fused-ring (bicyclic) bond motifs is 3. The number of aromatic nitrogens is 4. The van der Waals surface area contributed by atoms with Gasteiger partial charge >= 0.3 is 0 Å². The number of hydrogen-bond acceptors (Lipinski definition) is 4. The summed E-state index contributed by atoms with van der Waals surface area (Å²) in [7, 11) is 0. The molecule has 0 saturated heterocycles. The Hall–Kier alpha value is -3.40. The third kappa shape index (κ3) is 20.1. The lowest BCUT2D eigenvalue weighted by molar-refractivity contribution is 0.398. The number of unbranched alkanes of at least 4 members (excludes halogenated alkanes) is 30. The summed E-state index contributed by atoms with van der Waals surface area (Å²) in [6.07, 6.45) is 53.6. The molecule has 1 aliphatic rings. The fourth-order valence-electron chi connectivity index (χ4n) is 13.0. The summed E-state index contributed by atoms with van der Waals surface area (Å²) >= 11 is 0. The van der Waals surface area contributed by atoms with Crippen molar-refractivity contribution in [1.29, 1.82) is 0 Å². The van der Waals surface area contributed by atoms with E-state index in [1.165, 1.54) is 300 Å². The van der Waals surface area contributed by atoms with Crippen molar-refractivity contribution in [3.8, 4) is 33.4 Å². The first-order valence-electron chi connectivity index (χ1n) is 32.9. The van der Waals surface area contributed by atoms with Crippen molar-refractivity contribution < 1.29 is 0 Å². The van der Waals surface area contributed by atoms with Crippen LogP contribution >= 0.6 is 0 Å². The molecule has 1 aliphatic carbocycles. The topological polar surface area (TPSA) is 51.6 Å². The fourth-order valence-corrected chi connectivity index (χ4v) is 13.0. The molecule has 4 heteroatoms. The number of aryl methyl sites for hydroxylation is 6. The largest absolute Gasteiger partial charge is 0.238 e. The van der Waals surface area contributed by atoms with Crippen molar-refractivity contribution in [2.75, 3.05) is 0 Å². The van der Waals surface area contributed by atoms with Crippen LogP contribution in [0.1, 0.15) is 331 Å². The Bertz CT molecular complexity index is 1940. The van der Waals surface area contributed by atoms with Crippen LogP contribution < -0.4 is 0 Å². The molecular formula is C71H114N4. The number of rotatable bonds is 44. The Labute approximate surface area is 463 Å². The number of nitrogens with zero attached hydrogens (tertiary/aromatic N) is 4. The van der Waals surface area contributed by atoms with Gasteiger partial charge in [0.25, 0.3) is 0 Å². The zero-order chi connectivity index (χ0) is 53.4. The lowest BCUT2D eigenvalue weighted by atomic mass is 9.69. The second-order valence-electron chi connectivity index (χ2n) is 23.8. The van der Waals surface area contributed by atoms with Crippen molar-refractivity contribution in [3.63, 3.8) is 0 Å². The first-order valence-corrected chi connectivity index (χ1v) is 32.9. The highest BCUT2D eigenvalue weighted by atomic mass is 14.9. The summed E-state index contributed by atoms with van der Waals surface area (Å²) in [6, 6.07) is 15.5. The molecule has 0 bridgehead atoms. The quantitative estimate of drug-likeness (QED) is 0.0414. The lowest BCUT2D eigenvalue weighted by Crippen LogP contribution is -2.26. The molecule has 4 nitrogen and oxygen atoms in total. The monoisotopic (exact) mass is 1020 g/mol. The van der Waals surface area contributed by atoms with E-state index in [0.29, 0.717) is 0 Å². The zero-order valence-electron chi connectivity index (χ0n) is 50.5. The molecule has 0 fully saturated rings. The van der Waals surface area contributed by atoms with Crippen LogP contribution in [0.4, 0.5) is 0 Å². The van der Waals surface area contributed by atoms with E-state index < -0.39 is 0 Å². The summed E-state index contributed by atoms with van der Waals surface area (Å²) in [5.74, 6) is 1.91. The van der Waals surface area contributed by atoms with Crippen LogP contribution in [0, 0.1) is 13.8 Å². The van der Waals surface area contributed by atoms with Gasteiger partial charge in [-0.25, -0.2) is 19.9 Å². The molecule has 0 saturated carbocycles.